The first-order valence-corrected chi connectivity index (χ1v) is 6.12. The van der Waals surface area contributed by atoms with Crippen molar-refractivity contribution in [3.63, 3.8) is 0 Å². The van der Waals surface area contributed by atoms with E-state index in [0.29, 0.717) is 0 Å². The van der Waals surface area contributed by atoms with E-state index in [1.807, 2.05) is 12.1 Å². The van der Waals surface area contributed by atoms with Crippen molar-refractivity contribution < 1.29 is 4.39 Å². The molecule has 2 rings (SSSR count). The van der Waals surface area contributed by atoms with Crippen LogP contribution in [0, 0.1) is 5.82 Å². The Morgan fingerprint density at radius 2 is 2.12 bits per heavy atom. The molecule has 1 nitrogen and oxygen atoms in total. The first-order chi connectivity index (χ1) is 7.70. The Morgan fingerprint density at radius 3 is 2.75 bits per heavy atom. The summed E-state index contributed by atoms with van der Waals surface area (Å²) in [5, 5.41) is 0. The molecule has 0 aliphatic carbocycles. The van der Waals surface area contributed by atoms with Crippen molar-refractivity contribution >= 4 is 11.3 Å². The molecule has 0 saturated heterocycles. The first kappa shape index (κ1) is 11.3. The van der Waals surface area contributed by atoms with Gasteiger partial charge in [-0.1, -0.05) is 19.1 Å². The SMILES string of the molecule is CCc1ccc(C(N)c2cccc(F)c2)s1. The Balaban J connectivity index is 2.27. The Morgan fingerprint density at radius 1 is 1.31 bits per heavy atom. The minimum absolute atomic E-state index is 0.221. The van der Waals surface area contributed by atoms with Gasteiger partial charge in [0.2, 0.25) is 0 Å². The van der Waals surface area contributed by atoms with E-state index >= 15 is 0 Å². The van der Waals surface area contributed by atoms with Gasteiger partial charge in [0.25, 0.3) is 0 Å². The smallest absolute Gasteiger partial charge is 0.123 e. The molecule has 0 spiro atoms. The maximum atomic E-state index is 13.1. The van der Waals surface area contributed by atoms with Gasteiger partial charge in [0.05, 0.1) is 6.04 Å². The van der Waals surface area contributed by atoms with Gasteiger partial charge in [-0.25, -0.2) is 4.39 Å². The van der Waals surface area contributed by atoms with Crippen LogP contribution in [0.2, 0.25) is 0 Å². The van der Waals surface area contributed by atoms with Crippen LogP contribution in [-0.2, 0) is 6.42 Å². The van der Waals surface area contributed by atoms with Crippen LogP contribution in [0.1, 0.15) is 28.3 Å². The van der Waals surface area contributed by atoms with E-state index in [0.717, 1.165) is 16.9 Å². The quantitative estimate of drug-likeness (QED) is 0.865. The van der Waals surface area contributed by atoms with Gasteiger partial charge in [-0.2, -0.15) is 0 Å². The summed E-state index contributed by atoms with van der Waals surface area (Å²) in [5.41, 5.74) is 6.92. The second kappa shape index (κ2) is 4.76. The summed E-state index contributed by atoms with van der Waals surface area (Å²) in [6, 6.07) is 10.4. The Kier molecular flexibility index (Phi) is 3.36. The van der Waals surface area contributed by atoms with Gasteiger partial charge in [-0.15, -0.1) is 11.3 Å². The topological polar surface area (TPSA) is 26.0 Å². The zero-order valence-corrected chi connectivity index (χ0v) is 9.93. The highest BCUT2D eigenvalue weighted by atomic mass is 32.1. The normalized spacial score (nSPS) is 12.7. The summed E-state index contributed by atoms with van der Waals surface area (Å²) in [7, 11) is 0. The highest BCUT2D eigenvalue weighted by molar-refractivity contribution is 7.12. The van der Waals surface area contributed by atoms with Crippen molar-refractivity contribution in [3.05, 3.63) is 57.5 Å². The molecule has 1 atom stereocenters. The lowest BCUT2D eigenvalue weighted by Crippen LogP contribution is -2.10. The predicted octanol–water partition coefficient (Wildman–Crippen LogP) is 3.50. The van der Waals surface area contributed by atoms with Crippen LogP contribution >= 0.6 is 11.3 Å². The third kappa shape index (κ3) is 2.31. The number of halogens is 1. The van der Waals surface area contributed by atoms with Crippen LogP contribution < -0.4 is 5.73 Å². The number of hydrogen-bond donors (Lipinski definition) is 1. The van der Waals surface area contributed by atoms with Crippen molar-refractivity contribution in [2.24, 2.45) is 5.73 Å². The van der Waals surface area contributed by atoms with Crippen LogP contribution in [0.5, 0.6) is 0 Å². The molecule has 1 heterocycles. The molecule has 1 aromatic carbocycles. The van der Waals surface area contributed by atoms with Gasteiger partial charge in [0.15, 0.2) is 0 Å². The van der Waals surface area contributed by atoms with Gasteiger partial charge in [0, 0.05) is 9.75 Å². The van der Waals surface area contributed by atoms with Gasteiger partial charge in [-0.05, 0) is 36.2 Å². The lowest BCUT2D eigenvalue weighted by atomic mass is 10.1. The summed E-state index contributed by atoms with van der Waals surface area (Å²) in [6.45, 7) is 2.11. The Hall–Kier alpha value is -1.19. The summed E-state index contributed by atoms with van der Waals surface area (Å²) in [5.74, 6) is -0.236. The highest BCUT2D eigenvalue weighted by Gasteiger charge is 2.11. The average molecular weight is 235 g/mol. The molecule has 3 heteroatoms. The third-order valence-electron chi connectivity index (χ3n) is 2.55. The second-order valence-electron chi connectivity index (χ2n) is 3.69. The standard InChI is InChI=1S/C13H14FNS/c1-2-11-6-7-12(16-11)13(15)9-4-3-5-10(14)8-9/h3-8,13H,2,15H2,1H3. The van der Waals surface area contributed by atoms with Crippen molar-refractivity contribution in [1.82, 2.24) is 0 Å². The molecule has 1 aromatic heterocycles. The fourth-order valence-electron chi connectivity index (χ4n) is 1.62. The molecular formula is C13H14FNS. The maximum Gasteiger partial charge on any atom is 0.123 e. The number of aryl methyl sites for hydroxylation is 1. The van der Waals surface area contributed by atoms with Gasteiger partial charge in [-0.3, -0.25) is 0 Å². The average Bonchev–Trinajstić information content (AvgIpc) is 2.76. The molecule has 0 bridgehead atoms. The molecule has 0 saturated carbocycles. The van der Waals surface area contributed by atoms with E-state index in [9.17, 15) is 4.39 Å². The summed E-state index contributed by atoms with van der Waals surface area (Å²) >= 11 is 1.69. The fourth-order valence-corrected chi connectivity index (χ4v) is 2.60. The van der Waals surface area contributed by atoms with E-state index in [1.54, 1.807) is 17.4 Å². The van der Waals surface area contributed by atoms with Crippen LogP contribution in [0.4, 0.5) is 4.39 Å². The molecule has 2 N–H and O–H groups in total. The number of benzene rings is 1. The minimum Gasteiger partial charge on any atom is -0.320 e. The lowest BCUT2D eigenvalue weighted by molar-refractivity contribution is 0.624. The summed E-state index contributed by atoms with van der Waals surface area (Å²) in [4.78, 5) is 2.39. The van der Waals surface area contributed by atoms with Crippen molar-refractivity contribution in [2.45, 2.75) is 19.4 Å². The molecule has 0 aliphatic heterocycles. The predicted molar refractivity (Wildman–Crippen MR) is 66.1 cm³/mol. The molecular weight excluding hydrogens is 221 g/mol. The van der Waals surface area contributed by atoms with E-state index in [1.165, 1.54) is 17.0 Å². The third-order valence-corrected chi connectivity index (χ3v) is 3.86. The van der Waals surface area contributed by atoms with E-state index < -0.39 is 0 Å². The number of nitrogens with two attached hydrogens (primary N) is 1. The maximum absolute atomic E-state index is 13.1. The fraction of sp³-hybridized carbons (Fsp3) is 0.231. The lowest BCUT2D eigenvalue weighted by Gasteiger charge is -2.09. The molecule has 2 aromatic rings. The second-order valence-corrected chi connectivity index (χ2v) is 4.89. The zero-order chi connectivity index (χ0) is 11.5. The summed E-state index contributed by atoms with van der Waals surface area (Å²) < 4.78 is 13.1. The number of thiophene rings is 1. The van der Waals surface area contributed by atoms with Crippen molar-refractivity contribution in [1.29, 1.82) is 0 Å². The molecule has 1 unspecified atom stereocenters. The number of hydrogen-bond acceptors (Lipinski definition) is 2. The molecule has 84 valence electrons. The summed E-state index contributed by atoms with van der Waals surface area (Å²) in [6.07, 6.45) is 1.01. The van der Waals surface area contributed by atoms with E-state index in [-0.39, 0.29) is 11.9 Å². The largest absolute Gasteiger partial charge is 0.320 e. The van der Waals surface area contributed by atoms with Crippen LogP contribution in [-0.4, -0.2) is 0 Å². The van der Waals surface area contributed by atoms with Gasteiger partial charge < -0.3 is 5.73 Å². The van der Waals surface area contributed by atoms with Gasteiger partial charge >= 0.3 is 0 Å². The van der Waals surface area contributed by atoms with E-state index in [2.05, 4.69) is 13.0 Å². The zero-order valence-electron chi connectivity index (χ0n) is 9.11. The van der Waals surface area contributed by atoms with Crippen LogP contribution in [0.15, 0.2) is 36.4 Å². The molecule has 16 heavy (non-hydrogen) atoms. The van der Waals surface area contributed by atoms with E-state index in [4.69, 9.17) is 5.73 Å². The van der Waals surface area contributed by atoms with Crippen molar-refractivity contribution in [3.8, 4) is 0 Å². The first-order valence-electron chi connectivity index (χ1n) is 5.30. The minimum atomic E-state index is -0.236. The molecule has 0 aliphatic rings. The number of rotatable bonds is 3. The molecule has 0 radical (unpaired) electrons. The Bertz CT molecular complexity index is 478. The monoisotopic (exact) mass is 235 g/mol. The van der Waals surface area contributed by atoms with Gasteiger partial charge in [0.1, 0.15) is 5.82 Å². The van der Waals surface area contributed by atoms with Crippen molar-refractivity contribution in [2.75, 3.05) is 0 Å². The molecule has 0 fully saturated rings. The molecule has 0 amide bonds. The Labute approximate surface area is 98.7 Å². The van der Waals surface area contributed by atoms with Crippen LogP contribution in [0.3, 0.4) is 0 Å². The highest BCUT2D eigenvalue weighted by Crippen LogP contribution is 2.27. The van der Waals surface area contributed by atoms with Crippen LogP contribution in [0.25, 0.3) is 0 Å².